The van der Waals surface area contributed by atoms with E-state index >= 15 is 0 Å². The predicted molar refractivity (Wildman–Crippen MR) is 155 cm³/mol. The molecule has 2 N–H and O–H groups in total. The number of aromatic carboxylic acids is 2. The molecule has 0 radical (unpaired) electrons. The fraction of sp³-hybridized carbons (Fsp3) is 0.371. The van der Waals surface area contributed by atoms with Gasteiger partial charge in [-0.25, -0.2) is 9.59 Å². The number of carboxylic acid groups (broad SMARTS) is 2. The molecule has 0 aliphatic heterocycles. The minimum Gasteiger partial charge on any atom is -0.478 e. The zero-order valence-corrected chi connectivity index (χ0v) is 22.8. The fourth-order valence-corrected chi connectivity index (χ4v) is 6.75. The Morgan fingerprint density at radius 3 is 2.15 bits per heavy atom. The first-order valence-corrected chi connectivity index (χ1v) is 14.4. The Morgan fingerprint density at radius 2 is 1.44 bits per heavy atom. The van der Waals surface area contributed by atoms with Crippen molar-refractivity contribution in [2.75, 3.05) is 0 Å². The molecular weight excluding hydrogens is 484 g/mol. The van der Waals surface area contributed by atoms with Gasteiger partial charge in [-0.15, -0.1) is 0 Å². The van der Waals surface area contributed by atoms with E-state index in [9.17, 15) is 9.59 Å². The Labute approximate surface area is 230 Å². The number of carbonyl (C=O) groups is 2. The van der Waals surface area contributed by atoms with E-state index in [1.807, 2.05) is 0 Å². The Morgan fingerprint density at radius 1 is 0.744 bits per heavy atom. The summed E-state index contributed by atoms with van der Waals surface area (Å²) in [7, 11) is 0. The van der Waals surface area contributed by atoms with Crippen LogP contribution < -0.4 is 10.4 Å². The monoisotopic (exact) mass is 522 g/mol. The number of hydrogen-bond acceptors (Lipinski definition) is 2. The Hall–Kier alpha value is -3.66. The van der Waals surface area contributed by atoms with Gasteiger partial charge in [0.1, 0.15) is 0 Å². The molecule has 3 aliphatic rings. The van der Waals surface area contributed by atoms with Gasteiger partial charge < -0.3 is 10.2 Å². The van der Waals surface area contributed by atoms with E-state index in [2.05, 4.69) is 42.5 Å². The van der Waals surface area contributed by atoms with Crippen molar-refractivity contribution in [3.05, 3.63) is 103 Å². The molecule has 0 bridgehead atoms. The number of carboxylic acids is 2. The van der Waals surface area contributed by atoms with Crippen LogP contribution in [0.15, 0.2) is 54.6 Å². The van der Waals surface area contributed by atoms with Gasteiger partial charge in [-0.3, -0.25) is 0 Å². The average molecular weight is 523 g/mol. The van der Waals surface area contributed by atoms with Crippen LogP contribution in [0.2, 0.25) is 0 Å². The van der Waals surface area contributed by atoms with Gasteiger partial charge in [0.2, 0.25) is 0 Å². The zero-order chi connectivity index (χ0) is 27.4. The molecule has 0 spiro atoms. The van der Waals surface area contributed by atoms with Crippen LogP contribution in [0.5, 0.6) is 0 Å². The number of fused-ring (bicyclic) bond motifs is 4. The van der Waals surface area contributed by atoms with Crippen molar-refractivity contribution in [2.45, 2.75) is 77.6 Å². The van der Waals surface area contributed by atoms with Crippen molar-refractivity contribution in [3.8, 4) is 0 Å². The van der Waals surface area contributed by atoms with E-state index < -0.39 is 11.9 Å². The second-order valence-corrected chi connectivity index (χ2v) is 11.2. The SMILES string of the molecule is C1=c2ccccc2=c2ccc3c(c2C1)CCCC=3CCC1CCCCC1.Cc1c(C(=O)O)cccc1C(=O)O. The van der Waals surface area contributed by atoms with Crippen LogP contribution in [-0.4, -0.2) is 22.2 Å². The summed E-state index contributed by atoms with van der Waals surface area (Å²) < 4.78 is 0. The van der Waals surface area contributed by atoms with Gasteiger partial charge in [-0.05, 0) is 101 Å². The van der Waals surface area contributed by atoms with Crippen molar-refractivity contribution < 1.29 is 19.8 Å². The summed E-state index contributed by atoms with van der Waals surface area (Å²) in [5.74, 6) is -1.22. The Bertz CT molecular complexity index is 1580. The van der Waals surface area contributed by atoms with E-state index in [1.54, 1.807) is 21.9 Å². The molecule has 0 atom stereocenters. The van der Waals surface area contributed by atoms with Crippen LogP contribution in [0.25, 0.3) is 11.6 Å². The van der Waals surface area contributed by atoms with Crippen molar-refractivity contribution in [1.29, 1.82) is 0 Å². The molecule has 0 saturated heterocycles. The van der Waals surface area contributed by atoms with Gasteiger partial charge in [-0.2, -0.15) is 0 Å². The summed E-state index contributed by atoms with van der Waals surface area (Å²) in [6.07, 6.45) is 17.7. The molecule has 6 rings (SSSR count). The summed E-state index contributed by atoms with van der Waals surface area (Å²) in [6.45, 7) is 1.48. The van der Waals surface area contributed by atoms with Gasteiger partial charge in [0.05, 0.1) is 11.1 Å². The molecule has 0 heterocycles. The summed E-state index contributed by atoms with van der Waals surface area (Å²) in [6, 6.07) is 18.0. The van der Waals surface area contributed by atoms with E-state index in [1.165, 1.54) is 105 Å². The van der Waals surface area contributed by atoms with Gasteiger partial charge in [0.25, 0.3) is 0 Å². The largest absolute Gasteiger partial charge is 0.478 e. The first-order valence-electron chi connectivity index (χ1n) is 14.4. The highest BCUT2D eigenvalue weighted by Crippen LogP contribution is 2.31. The standard InChI is InChI=1S/C26H30.C9H8O4/c1-2-7-19(8-3-1)13-14-21-10-6-12-24-23(21)17-18-25-22-11-5-4-9-20(22)15-16-26(24)25;1-5-6(8(10)11)3-2-4-7(5)9(12)13/h4-5,9,11,15,17-19H,1-3,6-8,10,12-14,16H2;2-4H,1H3,(H,10,11)(H,12,13). The summed E-state index contributed by atoms with van der Waals surface area (Å²) in [5, 5.41) is 23.3. The summed E-state index contributed by atoms with van der Waals surface area (Å²) >= 11 is 0. The molecular formula is C35H38O4. The number of hydrogen-bond donors (Lipinski definition) is 2. The highest BCUT2D eigenvalue weighted by Gasteiger charge is 2.18. The highest BCUT2D eigenvalue weighted by atomic mass is 16.4. The molecule has 3 aromatic rings. The summed E-state index contributed by atoms with van der Waals surface area (Å²) in [4.78, 5) is 21.2. The normalized spacial score (nSPS) is 16.1. The third kappa shape index (κ3) is 5.85. The van der Waals surface area contributed by atoms with Crippen LogP contribution in [0.4, 0.5) is 0 Å². The lowest BCUT2D eigenvalue weighted by atomic mass is 9.81. The number of benzene rings is 3. The smallest absolute Gasteiger partial charge is 0.335 e. The van der Waals surface area contributed by atoms with E-state index in [0.29, 0.717) is 0 Å². The van der Waals surface area contributed by atoms with Gasteiger partial charge >= 0.3 is 11.9 Å². The lowest BCUT2D eigenvalue weighted by Gasteiger charge is -2.24. The van der Waals surface area contributed by atoms with Gasteiger partial charge in [-0.1, -0.05) is 86.2 Å². The van der Waals surface area contributed by atoms with Crippen LogP contribution in [0, 0.1) is 23.3 Å². The topological polar surface area (TPSA) is 74.6 Å². The van der Waals surface area contributed by atoms with Crippen molar-refractivity contribution in [2.24, 2.45) is 5.92 Å². The lowest BCUT2D eigenvalue weighted by molar-refractivity contribution is 0.0696. The van der Waals surface area contributed by atoms with Gasteiger partial charge in [0, 0.05) is 0 Å². The van der Waals surface area contributed by atoms with Crippen molar-refractivity contribution in [3.63, 3.8) is 0 Å². The van der Waals surface area contributed by atoms with E-state index in [4.69, 9.17) is 10.2 Å². The molecule has 1 saturated carbocycles. The molecule has 4 nitrogen and oxygen atoms in total. The van der Waals surface area contributed by atoms with Crippen LogP contribution in [-0.2, 0) is 12.8 Å². The zero-order valence-electron chi connectivity index (χ0n) is 22.8. The first-order chi connectivity index (χ1) is 18.9. The highest BCUT2D eigenvalue weighted by molar-refractivity contribution is 5.96. The Kier molecular flexibility index (Phi) is 8.30. The van der Waals surface area contributed by atoms with E-state index in [0.717, 1.165) is 12.3 Å². The molecule has 1 fully saturated rings. The molecule has 0 unspecified atom stereocenters. The maximum Gasteiger partial charge on any atom is 0.335 e. The third-order valence-electron chi connectivity index (χ3n) is 8.87. The number of rotatable bonds is 5. The van der Waals surface area contributed by atoms with Crippen LogP contribution in [0.1, 0.15) is 95.2 Å². The third-order valence-corrected chi connectivity index (χ3v) is 8.87. The lowest BCUT2D eigenvalue weighted by Crippen LogP contribution is -2.23. The second-order valence-electron chi connectivity index (χ2n) is 11.2. The molecule has 39 heavy (non-hydrogen) atoms. The molecule has 0 amide bonds. The average Bonchev–Trinajstić information content (AvgIpc) is 2.96. The van der Waals surface area contributed by atoms with Crippen molar-refractivity contribution >= 4 is 23.6 Å². The predicted octanol–water partition coefficient (Wildman–Crippen LogP) is 6.55. The molecule has 0 aromatic heterocycles. The van der Waals surface area contributed by atoms with E-state index in [-0.39, 0.29) is 16.7 Å². The first kappa shape index (κ1) is 26.9. The maximum atomic E-state index is 10.6. The minimum absolute atomic E-state index is 0.0277. The minimum atomic E-state index is -1.11. The molecule has 3 aromatic carbocycles. The summed E-state index contributed by atoms with van der Waals surface area (Å²) in [5.41, 5.74) is 5.40. The van der Waals surface area contributed by atoms with Crippen molar-refractivity contribution in [1.82, 2.24) is 0 Å². The molecule has 4 heteroatoms. The second kappa shape index (κ2) is 12.0. The quantitative estimate of drug-likeness (QED) is 0.399. The Balaban J connectivity index is 0.000000201. The molecule has 202 valence electrons. The maximum absolute atomic E-state index is 10.6. The van der Waals surface area contributed by atoms with Crippen LogP contribution >= 0.6 is 0 Å². The van der Waals surface area contributed by atoms with Gasteiger partial charge in [0.15, 0.2) is 0 Å². The van der Waals surface area contributed by atoms with Crippen LogP contribution in [0.3, 0.4) is 0 Å². The fourth-order valence-electron chi connectivity index (χ4n) is 6.75. The molecule has 3 aliphatic carbocycles.